The van der Waals surface area contributed by atoms with E-state index in [-0.39, 0.29) is 0 Å². The zero-order chi connectivity index (χ0) is 11.4. The summed E-state index contributed by atoms with van der Waals surface area (Å²) in [5, 5.41) is 13.6. The maximum absolute atomic E-state index is 4.23. The molecule has 0 aromatic carbocycles. The largest absolute Gasteiger partial charge is 0.360 e. The zero-order valence-electron chi connectivity index (χ0n) is 10.1. The van der Waals surface area contributed by atoms with Crippen molar-refractivity contribution in [1.82, 2.24) is 15.1 Å². The number of hydrogen-bond donors (Lipinski definition) is 1. The second kappa shape index (κ2) is 5.59. The maximum atomic E-state index is 4.23. The van der Waals surface area contributed by atoms with Crippen LogP contribution < -0.4 is 5.32 Å². The normalized spacial score (nSPS) is 15.7. The minimum Gasteiger partial charge on any atom is -0.360 e. The van der Waals surface area contributed by atoms with E-state index >= 15 is 0 Å². The molecule has 0 radical (unpaired) electrons. The summed E-state index contributed by atoms with van der Waals surface area (Å²) in [7, 11) is 0. The number of aromatic nitrogens is 2. The summed E-state index contributed by atoms with van der Waals surface area (Å²) >= 11 is 1.68. The summed E-state index contributed by atoms with van der Waals surface area (Å²) in [6, 6.07) is 0.812. The van der Waals surface area contributed by atoms with Crippen LogP contribution in [0, 0.1) is 0 Å². The Balaban J connectivity index is 1.89. The molecule has 1 aliphatic carbocycles. The van der Waals surface area contributed by atoms with Gasteiger partial charge in [0.15, 0.2) is 0 Å². The quantitative estimate of drug-likeness (QED) is 0.794. The average Bonchev–Trinajstić information content (AvgIpc) is 3.02. The molecule has 2 rings (SSSR count). The first kappa shape index (κ1) is 11.8. The lowest BCUT2D eigenvalue weighted by molar-refractivity contribution is 0.254. The van der Waals surface area contributed by atoms with E-state index in [9.17, 15) is 0 Å². The number of hydrogen-bond acceptors (Lipinski definition) is 5. The standard InChI is InChI=1S/C11H20N4S/c1-3-7-15(9-5-6-9)8-10-13-14-11(16-10)12-4-2/h9H,3-8H2,1-2H3,(H,12,14). The second-order valence-corrected chi connectivity index (χ2v) is 5.30. The van der Waals surface area contributed by atoms with Crippen LogP contribution in [0.25, 0.3) is 0 Å². The molecule has 5 heteroatoms. The predicted molar refractivity (Wildman–Crippen MR) is 67.8 cm³/mol. The first-order valence-corrected chi connectivity index (χ1v) is 6.95. The topological polar surface area (TPSA) is 41.1 Å². The van der Waals surface area contributed by atoms with Gasteiger partial charge in [0.05, 0.1) is 6.54 Å². The van der Waals surface area contributed by atoms with Crippen LogP contribution in [0.15, 0.2) is 0 Å². The summed E-state index contributed by atoms with van der Waals surface area (Å²) < 4.78 is 0. The molecule has 1 heterocycles. The van der Waals surface area contributed by atoms with Crippen LogP contribution in [-0.2, 0) is 6.54 Å². The summed E-state index contributed by atoms with van der Waals surface area (Å²) in [4.78, 5) is 2.54. The number of anilines is 1. The summed E-state index contributed by atoms with van der Waals surface area (Å²) in [6.07, 6.45) is 3.94. The molecule has 90 valence electrons. The SMILES string of the molecule is CCCN(Cc1nnc(NCC)s1)C1CC1. The molecule has 0 amide bonds. The molecule has 1 aromatic heterocycles. The fourth-order valence-corrected chi connectivity index (χ4v) is 2.66. The second-order valence-electron chi connectivity index (χ2n) is 4.23. The molecule has 1 aromatic rings. The van der Waals surface area contributed by atoms with Crippen molar-refractivity contribution in [3.05, 3.63) is 5.01 Å². The Kier molecular flexibility index (Phi) is 4.12. The molecule has 0 spiro atoms. The first-order chi connectivity index (χ1) is 7.83. The minimum absolute atomic E-state index is 0.812. The van der Waals surface area contributed by atoms with Gasteiger partial charge in [-0.15, -0.1) is 10.2 Å². The Hall–Kier alpha value is -0.680. The van der Waals surface area contributed by atoms with Crippen LogP contribution in [0.3, 0.4) is 0 Å². The van der Waals surface area contributed by atoms with Crippen molar-refractivity contribution in [2.45, 2.75) is 45.7 Å². The summed E-state index contributed by atoms with van der Waals surface area (Å²) in [5.74, 6) is 0. The van der Waals surface area contributed by atoms with Crippen LogP contribution >= 0.6 is 11.3 Å². The summed E-state index contributed by atoms with van der Waals surface area (Å²) in [6.45, 7) is 7.38. The molecular formula is C11H20N4S. The number of rotatable bonds is 7. The highest BCUT2D eigenvalue weighted by Crippen LogP contribution is 2.29. The lowest BCUT2D eigenvalue weighted by atomic mass is 10.4. The van der Waals surface area contributed by atoms with E-state index in [1.807, 2.05) is 0 Å². The number of nitrogens with one attached hydrogen (secondary N) is 1. The average molecular weight is 240 g/mol. The van der Waals surface area contributed by atoms with Crippen LogP contribution in [0.4, 0.5) is 5.13 Å². The Morgan fingerprint density at radius 1 is 1.38 bits per heavy atom. The highest BCUT2D eigenvalue weighted by atomic mass is 32.1. The van der Waals surface area contributed by atoms with Gasteiger partial charge in [-0.05, 0) is 32.7 Å². The molecule has 16 heavy (non-hydrogen) atoms. The van der Waals surface area contributed by atoms with Crippen molar-refractivity contribution < 1.29 is 0 Å². The van der Waals surface area contributed by atoms with Gasteiger partial charge in [-0.1, -0.05) is 18.3 Å². The van der Waals surface area contributed by atoms with E-state index in [0.29, 0.717) is 0 Å². The fraction of sp³-hybridized carbons (Fsp3) is 0.818. The Morgan fingerprint density at radius 2 is 2.19 bits per heavy atom. The molecule has 1 N–H and O–H groups in total. The molecule has 0 saturated heterocycles. The van der Waals surface area contributed by atoms with Crippen molar-refractivity contribution in [2.24, 2.45) is 0 Å². The van der Waals surface area contributed by atoms with E-state index < -0.39 is 0 Å². The van der Waals surface area contributed by atoms with Gasteiger partial charge in [-0.2, -0.15) is 0 Å². The molecular weight excluding hydrogens is 220 g/mol. The van der Waals surface area contributed by atoms with Crippen LogP contribution in [0.2, 0.25) is 0 Å². The van der Waals surface area contributed by atoms with Gasteiger partial charge in [0.2, 0.25) is 5.13 Å². The third-order valence-electron chi connectivity index (χ3n) is 2.71. The van der Waals surface area contributed by atoms with Crippen LogP contribution in [0.1, 0.15) is 38.1 Å². The van der Waals surface area contributed by atoms with Crippen molar-refractivity contribution in [3.63, 3.8) is 0 Å². The molecule has 0 bridgehead atoms. The Labute approximate surface area is 101 Å². The van der Waals surface area contributed by atoms with Crippen molar-refractivity contribution in [2.75, 3.05) is 18.4 Å². The van der Waals surface area contributed by atoms with E-state index in [1.165, 1.54) is 25.8 Å². The van der Waals surface area contributed by atoms with Gasteiger partial charge >= 0.3 is 0 Å². The lowest BCUT2D eigenvalue weighted by Crippen LogP contribution is -2.26. The van der Waals surface area contributed by atoms with Gasteiger partial charge in [0.25, 0.3) is 0 Å². The Morgan fingerprint density at radius 3 is 2.81 bits per heavy atom. The molecule has 1 saturated carbocycles. The lowest BCUT2D eigenvalue weighted by Gasteiger charge is -2.19. The van der Waals surface area contributed by atoms with E-state index in [4.69, 9.17) is 0 Å². The van der Waals surface area contributed by atoms with Gasteiger partial charge in [-0.3, -0.25) is 4.90 Å². The zero-order valence-corrected chi connectivity index (χ0v) is 10.9. The molecule has 1 fully saturated rings. The van der Waals surface area contributed by atoms with Crippen LogP contribution in [0.5, 0.6) is 0 Å². The molecule has 0 aliphatic heterocycles. The van der Waals surface area contributed by atoms with E-state index in [2.05, 4.69) is 34.3 Å². The highest BCUT2D eigenvalue weighted by Gasteiger charge is 2.28. The molecule has 4 nitrogen and oxygen atoms in total. The minimum atomic E-state index is 0.812. The number of nitrogens with zero attached hydrogens (tertiary/aromatic N) is 3. The smallest absolute Gasteiger partial charge is 0.205 e. The van der Waals surface area contributed by atoms with Gasteiger partial charge in [0, 0.05) is 12.6 Å². The van der Waals surface area contributed by atoms with Gasteiger partial charge < -0.3 is 5.32 Å². The van der Waals surface area contributed by atoms with E-state index in [1.54, 1.807) is 11.3 Å². The first-order valence-electron chi connectivity index (χ1n) is 6.13. The van der Waals surface area contributed by atoms with Crippen LogP contribution in [-0.4, -0.2) is 34.2 Å². The molecule has 0 atom stereocenters. The van der Waals surface area contributed by atoms with Crippen molar-refractivity contribution >= 4 is 16.5 Å². The third kappa shape index (κ3) is 3.15. The summed E-state index contributed by atoms with van der Waals surface area (Å²) in [5.41, 5.74) is 0. The highest BCUT2D eigenvalue weighted by molar-refractivity contribution is 7.15. The Bertz CT molecular complexity index is 322. The van der Waals surface area contributed by atoms with Gasteiger partial charge in [-0.25, -0.2) is 0 Å². The third-order valence-corrected chi connectivity index (χ3v) is 3.57. The monoisotopic (exact) mass is 240 g/mol. The fourth-order valence-electron chi connectivity index (χ4n) is 1.83. The van der Waals surface area contributed by atoms with Crippen molar-refractivity contribution in [1.29, 1.82) is 0 Å². The van der Waals surface area contributed by atoms with E-state index in [0.717, 1.165) is 29.3 Å². The van der Waals surface area contributed by atoms with Crippen molar-refractivity contribution in [3.8, 4) is 0 Å². The molecule has 1 aliphatic rings. The maximum Gasteiger partial charge on any atom is 0.205 e. The predicted octanol–water partition coefficient (Wildman–Crippen LogP) is 2.34. The molecule has 0 unspecified atom stereocenters. The van der Waals surface area contributed by atoms with Gasteiger partial charge in [0.1, 0.15) is 5.01 Å².